The minimum atomic E-state index is -0.166. The Hall–Kier alpha value is -1.04. The molecule has 1 N–H and O–H groups in total. The minimum absolute atomic E-state index is 0.0105. The molecule has 5 nitrogen and oxygen atoms in total. The molecule has 6 heteroatoms. The molecule has 0 radical (unpaired) electrons. The van der Waals surface area contributed by atoms with Gasteiger partial charge in [0.1, 0.15) is 0 Å². The molecule has 0 aromatic carbocycles. The second-order valence-electron chi connectivity index (χ2n) is 5.44. The van der Waals surface area contributed by atoms with Gasteiger partial charge in [-0.1, -0.05) is 38.5 Å². The average Bonchev–Trinajstić information content (AvgIpc) is 2.70. The summed E-state index contributed by atoms with van der Waals surface area (Å²) in [6.45, 7) is 3.68. The third-order valence-electron chi connectivity index (χ3n) is 3.70. The summed E-state index contributed by atoms with van der Waals surface area (Å²) in [6.07, 6.45) is 3.66. The van der Waals surface area contributed by atoms with Crippen molar-refractivity contribution in [1.29, 1.82) is 0 Å². The van der Waals surface area contributed by atoms with Crippen molar-refractivity contribution in [3.8, 4) is 0 Å². The lowest BCUT2D eigenvalue weighted by Crippen LogP contribution is -2.55. The van der Waals surface area contributed by atoms with Crippen molar-refractivity contribution in [2.24, 2.45) is 5.92 Å². The topological polar surface area (TPSA) is 66.5 Å². The van der Waals surface area contributed by atoms with Crippen molar-refractivity contribution in [1.82, 2.24) is 10.2 Å². The van der Waals surface area contributed by atoms with E-state index in [2.05, 4.69) is 5.32 Å². The van der Waals surface area contributed by atoms with Gasteiger partial charge in [0.2, 0.25) is 11.8 Å². The number of amides is 3. The van der Waals surface area contributed by atoms with Crippen LogP contribution in [0.1, 0.15) is 39.5 Å². The number of rotatable bonds is 3. The zero-order valence-corrected chi connectivity index (χ0v) is 12.2. The lowest BCUT2D eigenvalue weighted by Gasteiger charge is -2.37. The standard InChI is InChI=1S/C13H20N2O3S/c1-8(2)12(17)14-9-5-3-4-6-10(9)15-11(16)7-19-13(15)18/h8-10H,3-7H2,1-2H3,(H,14,17). The maximum Gasteiger partial charge on any atom is 0.289 e. The SMILES string of the molecule is CC(C)C(=O)NC1CCCCC1N1C(=O)CSC1=O. The van der Waals surface area contributed by atoms with Crippen LogP contribution in [0.2, 0.25) is 0 Å². The largest absolute Gasteiger partial charge is 0.351 e. The molecule has 2 rings (SSSR count). The molecule has 0 spiro atoms. The first kappa shape index (κ1) is 14.4. The lowest BCUT2D eigenvalue weighted by atomic mass is 9.89. The molecular formula is C13H20N2O3S. The number of nitrogens with zero attached hydrogens (tertiary/aromatic N) is 1. The van der Waals surface area contributed by atoms with Gasteiger partial charge in [-0.3, -0.25) is 19.3 Å². The molecule has 106 valence electrons. The Kier molecular flexibility index (Phi) is 4.50. The number of carbonyl (C=O) groups excluding carboxylic acids is 3. The van der Waals surface area contributed by atoms with Gasteiger partial charge in [0, 0.05) is 12.0 Å². The smallest absolute Gasteiger partial charge is 0.289 e. The molecule has 1 saturated heterocycles. The highest BCUT2D eigenvalue weighted by Crippen LogP contribution is 2.30. The first-order valence-electron chi connectivity index (χ1n) is 6.80. The Morgan fingerprint density at radius 1 is 1.32 bits per heavy atom. The van der Waals surface area contributed by atoms with Gasteiger partial charge in [-0.05, 0) is 12.8 Å². The van der Waals surface area contributed by atoms with Crippen molar-refractivity contribution in [3.63, 3.8) is 0 Å². The van der Waals surface area contributed by atoms with Crippen LogP contribution in [0.3, 0.4) is 0 Å². The van der Waals surface area contributed by atoms with Crippen LogP contribution < -0.4 is 5.32 Å². The summed E-state index contributed by atoms with van der Waals surface area (Å²) in [5.41, 5.74) is 0. The molecule has 3 amide bonds. The van der Waals surface area contributed by atoms with Gasteiger partial charge >= 0.3 is 0 Å². The first-order valence-corrected chi connectivity index (χ1v) is 7.78. The van der Waals surface area contributed by atoms with E-state index in [0.717, 1.165) is 37.4 Å². The number of thioether (sulfide) groups is 1. The first-order chi connectivity index (χ1) is 9.00. The van der Waals surface area contributed by atoms with E-state index in [9.17, 15) is 14.4 Å². The van der Waals surface area contributed by atoms with Crippen molar-refractivity contribution < 1.29 is 14.4 Å². The predicted octanol–water partition coefficient (Wildman–Crippen LogP) is 1.77. The van der Waals surface area contributed by atoms with E-state index >= 15 is 0 Å². The van der Waals surface area contributed by atoms with Gasteiger partial charge in [0.05, 0.1) is 11.8 Å². The Balaban J connectivity index is 2.09. The van der Waals surface area contributed by atoms with Crippen LogP contribution in [-0.2, 0) is 9.59 Å². The molecular weight excluding hydrogens is 264 g/mol. The zero-order chi connectivity index (χ0) is 14.0. The molecule has 0 aromatic rings. The Morgan fingerprint density at radius 2 is 2.00 bits per heavy atom. The number of hydrogen-bond donors (Lipinski definition) is 1. The third-order valence-corrected chi connectivity index (χ3v) is 4.53. The summed E-state index contributed by atoms with van der Waals surface area (Å²) in [5.74, 6) is 0.0245. The number of imide groups is 1. The maximum absolute atomic E-state index is 11.8. The molecule has 19 heavy (non-hydrogen) atoms. The molecule has 0 bridgehead atoms. The molecule has 2 atom stereocenters. The Labute approximate surface area is 117 Å². The molecule has 2 aliphatic rings. The summed E-state index contributed by atoms with van der Waals surface area (Å²) in [5, 5.41) is 2.83. The highest BCUT2D eigenvalue weighted by Gasteiger charge is 2.41. The monoisotopic (exact) mass is 284 g/mol. The van der Waals surface area contributed by atoms with E-state index < -0.39 is 0 Å². The minimum Gasteiger partial charge on any atom is -0.351 e. The number of nitrogens with one attached hydrogen (secondary N) is 1. The molecule has 1 aliphatic carbocycles. The zero-order valence-electron chi connectivity index (χ0n) is 11.3. The van der Waals surface area contributed by atoms with Crippen LogP contribution in [0, 0.1) is 5.92 Å². The summed E-state index contributed by atoms with van der Waals surface area (Å²) >= 11 is 1.06. The number of carbonyl (C=O) groups is 3. The van der Waals surface area contributed by atoms with E-state index in [0.29, 0.717) is 0 Å². The quantitative estimate of drug-likeness (QED) is 0.857. The van der Waals surface area contributed by atoms with Gasteiger partial charge in [-0.2, -0.15) is 0 Å². The molecule has 1 aliphatic heterocycles. The van der Waals surface area contributed by atoms with E-state index in [-0.39, 0.29) is 40.8 Å². The fourth-order valence-electron chi connectivity index (χ4n) is 2.62. The average molecular weight is 284 g/mol. The third kappa shape index (κ3) is 3.11. The van der Waals surface area contributed by atoms with E-state index in [1.54, 1.807) is 0 Å². The summed E-state index contributed by atoms with van der Waals surface area (Å²) in [7, 11) is 0. The molecule has 1 heterocycles. The highest BCUT2D eigenvalue weighted by atomic mass is 32.2. The lowest BCUT2D eigenvalue weighted by molar-refractivity contribution is -0.130. The fraction of sp³-hybridized carbons (Fsp3) is 0.769. The Morgan fingerprint density at radius 3 is 2.58 bits per heavy atom. The second-order valence-corrected chi connectivity index (χ2v) is 6.37. The van der Waals surface area contributed by atoms with Crippen LogP contribution in [0.4, 0.5) is 4.79 Å². The second kappa shape index (κ2) is 5.94. The van der Waals surface area contributed by atoms with Gasteiger partial charge in [0.15, 0.2) is 0 Å². The van der Waals surface area contributed by atoms with Gasteiger partial charge in [-0.25, -0.2) is 0 Å². The van der Waals surface area contributed by atoms with E-state index in [1.165, 1.54) is 4.90 Å². The summed E-state index contributed by atoms with van der Waals surface area (Å²) in [4.78, 5) is 36.8. The van der Waals surface area contributed by atoms with Crippen molar-refractivity contribution in [2.45, 2.75) is 51.6 Å². The van der Waals surface area contributed by atoms with Crippen molar-refractivity contribution in [2.75, 3.05) is 5.75 Å². The fourth-order valence-corrected chi connectivity index (χ4v) is 3.39. The van der Waals surface area contributed by atoms with Crippen LogP contribution >= 0.6 is 11.8 Å². The molecule has 2 unspecified atom stereocenters. The predicted molar refractivity (Wildman–Crippen MR) is 73.7 cm³/mol. The van der Waals surface area contributed by atoms with Crippen LogP contribution in [0.5, 0.6) is 0 Å². The van der Waals surface area contributed by atoms with Crippen molar-refractivity contribution in [3.05, 3.63) is 0 Å². The highest BCUT2D eigenvalue weighted by molar-refractivity contribution is 8.14. The summed E-state index contributed by atoms with van der Waals surface area (Å²) in [6, 6.07) is -0.248. The molecule has 1 saturated carbocycles. The van der Waals surface area contributed by atoms with Gasteiger partial charge in [-0.15, -0.1) is 0 Å². The van der Waals surface area contributed by atoms with Gasteiger partial charge in [0.25, 0.3) is 5.24 Å². The van der Waals surface area contributed by atoms with Gasteiger partial charge < -0.3 is 5.32 Å². The van der Waals surface area contributed by atoms with Crippen LogP contribution in [0.25, 0.3) is 0 Å². The molecule has 0 aromatic heterocycles. The van der Waals surface area contributed by atoms with E-state index in [4.69, 9.17) is 0 Å². The summed E-state index contributed by atoms with van der Waals surface area (Å²) < 4.78 is 0. The van der Waals surface area contributed by atoms with Crippen molar-refractivity contribution >= 4 is 28.8 Å². The normalized spacial score (nSPS) is 28.1. The van der Waals surface area contributed by atoms with Crippen LogP contribution in [0.15, 0.2) is 0 Å². The molecule has 2 fully saturated rings. The van der Waals surface area contributed by atoms with E-state index in [1.807, 2.05) is 13.8 Å². The maximum atomic E-state index is 11.8. The Bertz CT molecular complexity index is 381. The number of hydrogen-bond acceptors (Lipinski definition) is 4. The van der Waals surface area contributed by atoms with Crippen LogP contribution in [-0.4, -0.2) is 39.8 Å².